The van der Waals surface area contributed by atoms with Gasteiger partial charge in [-0.2, -0.15) is 0 Å². The number of hydrogen-bond acceptors (Lipinski definition) is 3. The number of carboxylic acid groups (broad SMARTS) is 1. The van der Waals surface area contributed by atoms with Crippen LogP contribution >= 0.6 is 0 Å². The van der Waals surface area contributed by atoms with Gasteiger partial charge in [0.2, 0.25) is 5.91 Å². The first-order chi connectivity index (χ1) is 10.1. The number of hydrogen-bond donors (Lipinski definition) is 2. The Bertz CT molecular complexity index is 752. The molecule has 0 saturated heterocycles. The SMILES string of the molecule is NC(=O)c1ccccc1-c1cc2c(c(C(=O)O)c1)OCC2. The molecule has 5 nitrogen and oxygen atoms in total. The van der Waals surface area contributed by atoms with Gasteiger partial charge in [0.15, 0.2) is 0 Å². The van der Waals surface area contributed by atoms with Crippen molar-refractivity contribution in [3.05, 3.63) is 53.1 Å². The molecule has 0 fully saturated rings. The Hall–Kier alpha value is -2.82. The van der Waals surface area contributed by atoms with Gasteiger partial charge in [-0.1, -0.05) is 18.2 Å². The van der Waals surface area contributed by atoms with Gasteiger partial charge in [0.25, 0.3) is 0 Å². The Balaban J connectivity index is 2.23. The molecule has 3 rings (SSSR count). The van der Waals surface area contributed by atoms with E-state index in [2.05, 4.69) is 0 Å². The molecular formula is C16H13NO4. The van der Waals surface area contributed by atoms with Crippen LogP contribution in [0, 0.1) is 0 Å². The van der Waals surface area contributed by atoms with Crippen molar-refractivity contribution in [2.24, 2.45) is 5.73 Å². The second kappa shape index (κ2) is 4.94. The van der Waals surface area contributed by atoms with Crippen molar-refractivity contribution in [1.82, 2.24) is 0 Å². The van der Waals surface area contributed by atoms with E-state index in [9.17, 15) is 14.7 Å². The number of fused-ring (bicyclic) bond motifs is 1. The highest BCUT2D eigenvalue weighted by Crippen LogP contribution is 2.35. The van der Waals surface area contributed by atoms with Crippen LogP contribution in [0.25, 0.3) is 11.1 Å². The molecular weight excluding hydrogens is 270 g/mol. The summed E-state index contributed by atoms with van der Waals surface area (Å²) in [5.74, 6) is -1.17. The first kappa shape index (κ1) is 13.2. The molecule has 21 heavy (non-hydrogen) atoms. The van der Waals surface area contributed by atoms with Gasteiger partial charge in [-0.25, -0.2) is 4.79 Å². The molecule has 0 radical (unpaired) electrons. The minimum Gasteiger partial charge on any atom is -0.492 e. The van der Waals surface area contributed by atoms with Crippen molar-refractivity contribution in [3.63, 3.8) is 0 Å². The van der Waals surface area contributed by atoms with Crippen LogP contribution < -0.4 is 10.5 Å². The quantitative estimate of drug-likeness (QED) is 0.902. The number of nitrogens with two attached hydrogens (primary N) is 1. The van der Waals surface area contributed by atoms with Gasteiger partial charge in [-0.05, 0) is 34.9 Å². The van der Waals surface area contributed by atoms with Crippen molar-refractivity contribution < 1.29 is 19.4 Å². The third-order valence-electron chi connectivity index (χ3n) is 3.52. The summed E-state index contributed by atoms with van der Waals surface area (Å²) < 4.78 is 5.39. The summed E-state index contributed by atoms with van der Waals surface area (Å²) in [7, 11) is 0. The van der Waals surface area contributed by atoms with E-state index < -0.39 is 11.9 Å². The summed E-state index contributed by atoms with van der Waals surface area (Å²) in [5, 5.41) is 9.33. The van der Waals surface area contributed by atoms with E-state index in [-0.39, 0.29) is 5.56 Å². The Morgan fingerprint density at radius 1 is 1.14 bits per heavy atom. The third kappa shape index (κ3) is 2.23. The molecule has 0 aliphatic carbocycles. The van der Waals surface area contributed by atoms with E-state index in [1.807, 2.05) is 6.07 Å². The summed E-state index contributed by atoms with van der Waals surface area (Å²) >= 11 is 0. The number of aromatic carboxylic acids is 1. The third-order valence-corrected chi connectivity index (χ3v) is 3.52. The van der Waals surface area contributed by atoms with E-state index in [4.69, 9.17) is 10.5 Å². The van der Waals surface area contributed by atoms with Gasteiger partial charge < -0.3 is 15.6 Å². The summed E-state index contributed by atoms with van der Waals surface area (Å²) in [6, 6.07) is 10.3. The Labute approximate surface area is 121 Å². The van der Waals surface area contributed by atoms with Crippen molar-refractivity contribution in [1.29, 1.82) is 0 Å². The van der Waals surface area contributed by atoms with Gasteiger partial charge in [0.05, 0.1) is 6.61 Å². The summed E-state index contributed by atoms with van der Waals surface area (Å²) in [4.78, 5) is 22.9. The molecule has 0 unspecified atom stereocenters. The summed E-state index contributed by atoms with van der Waals surface area (Å²) in [5.41, 5.74) is 7.98. The Kier molecular flexibility index (Phi) is 3.10. The van der Waals surface area contributed by atoms with Crippen LogP contribution in [0.5, 0.6) is 5.75 Å². The van der Waals surface area contributed by atoms with Crippen molar-refractivity contribution in [2.45, 2.75) is 6.42 Å². The second-order valence-corrected chi connectivity index (χ2v) is 4.83. The van der Waals surface area contributed by atoms with Crippen LogP contribution in [0.2, 0.25) is 0 Å². The minimum absolute atomic E-state index is 0.110. The van der Waals surface area contributed by atoms with E-state index >= 15 is 0 Å². The molecule has 3 N–H and O–H groups in total. The lowest BCUT2D eigenvalue weighted by Gasteiger charge is -2.11. The maximum atomic E-state index is 11.5. The van der Waals surface area contributed by atoms with E-state index in [0.29, 0.717) is 35.5 Å². The molecule has 5 heteroatoms. The van der Waals surface area contributed by atoms with Gasteiger partial charge >= 0.3 is 5.97 Å². The van der Waals surface area contributed by atoms with Gasteiger partial charge in [0.1, 0.15) is 11.3 Å². The molecule has 106 valence electrons. The lowest BCUT2D eigenvalue weighted by atomic mass is 9.94. The molecule has 1 heterocycles. The van der Waals surface area contributed by atoms with E-state index in [1.165, 1.54) is 6.07 Å². The fourth-order valence-corrected chi connectivity index (χ4v) is 2.57. The molecule has 0 saturated carbocycles. The summed E-state index contributed by atoms with van der Waals surface area (Å²) in [6.07, 6.45) is 0.655. The number of primary amides is 1. The van der Waals surface area contributed by atoms with Crippen LogP contribution in [0.3, 0.4) is 0 Å². The molecule has 0 atom stereocenters. The van der Waals surface area contributed by atoms with Crippen LogP contribution in [-0.4, -0.2) is 23.6 Å². The number of carbonyl (C=O) groups excluding carboxylic acids is 1. The molecule has 0 bridgehead atoms. The highest BCUT2D eigenvalue weighted by Gasteiger charge is 2.23. The van der Waals surface area contributed by atoms with Crippen molar-refractivity contribution in [3.8, 4) is 16.9 Å². The summed E-state index contributed by atoms with van der Waals surface area (Å²) in [6.45, 7) is 0.469. The number of carbonyl (C=O) groups is 2. The Morgan fingerprint density at radius 3 is 2.62 bits per heavy atom. The highest BCUT2D eigenvalue weighted by molar-refractivity contribution is 6.01. The predicted molar refractivity (Wildman–Crippen MR) is 76.6 cm³/mol. The van der Waals surface area contributed by atoms with Crippen LogP contribution in [0.15, 0.2) is 36.4 Å². The van der Waals surface area contributed by atoms with Gasteiger partial charge in [0, 0.05) is 12.0 Å². The lowest BCUT2D eigenvalue weighted by molar-refractivity contribution is 0.0693. The number of rotatable bonds is 3. The Morgan fingerprint density at radius 2 is 1.90 bits per heavy atom. The van der Waals surface area contributed by atoms with Crippen molar-refractivity contribution in [2.75, 3.05) is 6.61 Å². The topological polar surface area (TPSA) is 89.6 Å². The highest BCUT2D eigenvalue weighted by atomic mass is 16.5. The van der Waals surface area contributed by atoms with E-state index in [0.717, 1.165) is 5.56 Å². The van der Waals surface area contributed by atoms with Crippen LogP contribution in [0.1, 0.15) is 26.3 Å². The van der Waals surface area contributed by atoms with Crippen LogP contribution in [0.4, 0.5) is 0 Å². The first-order valence-electron chi connectivity index (χ1n) is 6.50. The monoisotopic (exact) mass is 283 g/mol. The molecule has 0 spiro atoms. The minimum atomic E-state index is -1.05. The lowest BCUT2D eigenvalue weighted by Crippen LogP contribution is -2.12. The average molecular weight is 283 g/mol. The zero-order valence-corrected chi connectivity index (χ0v) is 11.1. The normalized spacial score (nSPS) is 12.6. The predicted octanol–water partition coefficient (Wildman–Crippen LogP) is 2.09. The van der Waals surface area contributed by atoms with Gasteiger partial charge in [-0.3, -0.25) is 4.79 Å². The molecule has 2 aromatic rings. The fourth-order valence-electron chi connectivity index (χ4n) is 2.57. The number of amides is 1. The van der Waals surface area contributed by atoms with Gasteiger partial charge in [-0.15, -0.1) is 0 Å². The number of benzene rings is 2. The molecule has 0 aromatic heterocycles. The molecule has 1 amide bonds. The maximum Gasteiger partial charge on any atom is 0.339 e. The molecule has 1 aliphatic rings. The fraction of sp³-hybridized carbons (Fsp3) is 0.125. The van der Waals surface area contributed by atoms with Crippen molar-refractivity contribution >= 4 is 11.9 Å². The standard InChI is InChI=1S/C16H13NO4/c17-15(18)12-4-2-1-3-11(12)10-7-9-5-6-21-14(9)13(8-10)16(19)20/h1-4,7-8H,5-6H2,(H2,17,18)(H,19,20). The number of carboxylic acids is 1. The largest absolute Gasteiger partial charge is 0.492 e. The van der Waals surface area contributed by atoms with Crippen LogP contribution in [-0.2, 0) is 6.42 Å². The number of ether oxygens (including phenoxy) is 1. The van der Waals surface area contributed by atoms with E-state index in [1.54, 1.807) is 24.3 Å². The smallest absolute Gasteiger partial charge is 0.339 e. The maximum absolute atomic E-state index is 11.5. The second-order valence-electron chi connectivity index (χ2n) is 4.83. The zero-order chi connectivity index (χ0) is 15.0. The first-order valence-corrected chi connectivity index (χ1v) is 6.50. The average Bonchev–Trinajstić information content (AvgIpc) is 2.94. The molecule has 1 aliphatic heterocycles. The molecule has 2 aromatic carbocycles. The zero-order valence-electron chi connectivity index (χ0n) is 11.1.